The van der Waals surface area contributed by atoms with Crippen LogP contribution in [0.25, 0.3) is 11.0 Å². The fourth-order valence-electron chi connectivity index (χ4n) is 1.88. The number of aromatic amines is 1. The Labute approximate surface area is 122 Å². The second kappa shape index (κ2) is 4.98. The summed E-state index contributed by atoms with van der Waals surface area (Å²) in [6.45, 7) is 1.60. The molecule has 3 rings (SSSR count). The summed E-state index contributed by atoms with van der Waals surface area (Å²) in [7, 11) is 0. The number of ether oxygens (including phenoxy) is 1. The summed E-state index contributed by atoms with van der Waals surface area (Å²) >= 11 is 5.81. The first-order valence-electron chi connectivity index (χ1n) is 5.84. The SMILES string of the molecule is Cc1c(Oc2nc(Cl)nc3[nH]ncc23)cccc1[N+](=O)[O-]. The lowest BCUT2D eigenvalue weighted by molar-refractivity contribution is -0.385. The van der Waals surface area contributed by atoms with Gasteiger partial charge in [-0.05, 0) is 24.6 Å². The maximum atomic E-state index is 10.9. The number of nitro benzene ring substituents is 1. The Morgan fingerprint density at radius 2 is 2.19 bits per heavy atom. The molecule has 21 heavy (non-hydrogen) atoms. The van der Waals surface area contributed by atoms with Gasteiger partial charge in [-0.1, -0.05) is 6.07 Å². The van der Waals surface area contributed by atoms with Gasteiger partial charge < -0.3 is 4.74 Å². The molecule has 0 radical (unpaired) electrons. The van der Waals surface area contributed by atoms with Crippen molar-refractivity contribution < 1.29 is 9.66 Å². The van der Waals surface area contributed by atoms with E-state index in [0.29, 0.717) is 22.3 Å². The normalized spacial score (nSPS) is 10.8. The van der Waals surface area contributed by atoms with Gasteiger partial charge in [-0.3, -0.25) is 15.2 Å². The molecule has 0 saturated heterocycles. The van der Waals surface area contributed by atoms with Crippen LogP contribution in [0.15, 0.2) is 24.4 Å². The molecular formula is C12H8ClN5O3. The molecule has 8 nitrogen and oxygen atoms in total. The molecule has 1 N–H and O–H groups in total. The molecule has 0 bridgehead atoms. The predicted molar refractivity (Wildman–Crippen MR) is 74.6 cm³/mol. The molecule has 0 fully saturated rings. The van der Waals surface area contributed by atoms with E-state index in [2.05, 4.69) is 20.2 Å². The Morgan fingerprint density at radius 3 is 2.95 bits per heavy atom. The van der Waals surface area contributed by atoms with Crippen molar-refractivity contribution in [2.45, 2.75) is 6.92 Å². The minimum absolute atomic E-state index is 0.00941. The summed E-state index contributed by atoms with van der Waals surface area (Å²) in [6, 6.07) is 4.56. The minimum atomic E-state index is -0.470. The first-order valence-corrected chi connectivity index (χ1v) is 6.22. The molecule has 9 heteroatoms. The maximum Gasteiger partial charge on any atom is 0.276 e. The zero-order valence-electron chi connectivity index (χ0n) is 10.7. The molecule has 0 atom stereocenters. The molecule has 0 saturated carbocycles. The van der Waals surface area contributed by atoms with Gasteiger partial charge in [0.05, 0.1) is 16.7 Å². The molecular weight excluding hydrogens is 298 g/mol. The van der Waals surface area contributed by atoms with Crippen molar-refractivity contribution in [1.82, 2.24) is 20.2 Å². The molecule has 2 heterocycles. The molecule has 0 aliphatic rings. The summed E-state index contributed by atoms with van der Waals surface area (Å²) in [5.74, 6) is 0.504. The summed E-state index contributed by atoms with van der Waals surface area (Å²) in [5.41, 5.74) is 0.790. The van der Waals surface area contributed by atoms with Gasteiger partial charge in [0.2, 0.25) is 11.2 Å². The van der Waals surface area contributed by atoms with Crippen molar-refractivity contribution in [2.75, 3.05) is 0 Å². The number of nitrogens with zero attached hydrogens (tertiary/aromatic N) is 4. The number of hydrogen-bond acceptors (Lipinski definition) is 6. The highest BCUT2D eigenvalue weighted by Gasteiger charge is 2.17. The molecule has 106 valence electrons. The lowest BCUT2D eigenvalue weighted by atomic mass is 10.2. The van der Waals surface area contributed by atoms with Crippen LogP contribution < -0.4 is 4.74 Å². The quantitative estimate of drug-likeness (QED) is 0.453. The topological polar surface area (TPSA) is 107 Å². The van der Waals surface area contributed by atoms with E-state index in [-0.39, 0.29) is 16.9 Å². The van der Waals surface area contributed by atoms with E-state index < -0.39 is 4.92 Å². The fourth-order valence-corrected chi connectivity index (χ4v) is 2.04. The number of hydrogen-bond donors (Lipinski definition) is 1. The molecule has 1 aromatic carbocycles. The van der Waals surface area contributed by atoms with E-state index in [0.717, 1.165) is 0 Å². The highest BCUT2D eigenvalue weighted by molar-refractivity contribution is 6.28. The van der Waals surface area contributed by atoms with Crippen LogP contribution in [0.3, 0.4) is 0 Å². The van der Waals surface area contributed by atoms with Crippen molar-refractivity contribution in [2.24, 2.45) is 0 Å². The number of benzene rings is 1. The number of halogens is 1. The Morgan fingerprint density at radius 1 is 1.38 bits per heavy atom. The molecule has 0 unspecified atom stereocenters. The third kappa shape index (κ3) is 2.36. The molecule has 3 aromatic rings. The first kappa shape index (κ1) is 13.3. The number of rotatable bonds is 3. The van der Waals surface area contributed by atoms with Crippen LogP contribution in [0.5, 0.6) is 11.6 Å². The third-order valence-corrected chi connectivity index (χ3v) is 3.08. The van der Waals surface area contributed by atoms with Gasteiger partial charge in [-0.25, -0.2) is 0 Å². The number of aromatic nitrogens is 4. The fraction of sp³-hybridized carbons (Fsp3) is 0.0833. The van der Waals surface area contributed by atoms with Gasteiger partial charge in [-0.15, -0.1) is 0 Å². The van der Waals surface area contributed by atoms with E-state index in [1.807, 2.05) is 0 Å². The number of nitrogens with one attached hydrogen (secondary N) is 1. The first-order chi connectivity index (χ1) is 10.1. The average molecular weight is 306 g/mol. The summed E-state index contributed by atoms with van der Waals surface area (Å²) < 4.78 is 5.65. The lowest BCUT2D eigenvalue weighted by Crippen LogP contribution is -1.97. The molecule has 2 aromatic heterocycles. The number of nitro groups is 1. The molecule has 0 amide bonds. The van der Waals surface area contributed by atoms with Gasteiger partial charge >= 0.3 is 0 Å². The van der Waals surface area contributed by atoms with Gasteiger partial charge in [0, 0.05) is 6.07 Å². The number of H-pyrrole nitrogens is 1. The predicted octanol–water partition coefficient (Wildman–Crippen LogP) is 3.02. The monoisotopic (exact) mass is 305 g/mol. The Hall–Kier alpha value is -2.74. The zero-order valence-corrected chi connectivity index (χ0v) is 11.5. The van der Waals surface area contributed by atoms with Crippen molar-refractivity contribution >= 4 is 28.3 Å². The summed E-state index contributed by atoms with van der Waals surface area (Å²) in [6.07, 6.45) is 1.49. The Balaban J connectivity index is 2.09. The average Bonchev–Trinajstić information content (AvgIpc) is 2.88. The largest absolute Gasteiger partial charge is 0.438 e. The maximum absolute atomic E-state index is 10.9. The third-order valence-electron chi connectivity index (χ3n) is 2.91. The van der Waals surface area contributed by atoms with Crippen LogP contribution in [0.2, 0.25) is 5.28 Å². The highest BCUT2D eigenvalue weighted by Crippen LogP contribution is 2.33. The zero-order chi connectivity index (χ0) is 15.0. The Bertz CT molecular complexity index is 848. The van der Waals surface area contributed by atoms with E-state index >= 15 is 0 Å². The van der Waals surface area contributed by atoms with Crippen LogP contribution in [0.1, 0.15) is 5.56 Å². The van der Waals surface area contributed by atoms with E-state index in [4.69, 9.17) is 16.3 Å². The van der Waals surface area contributed by atoms with E-state index in [1.165, 1.54) is 18.3 Å². The highest BCUT2D eigenvalue weighted by atomic mass is 35.5. The van der Waals surface area contributed by atoms with Gasteiger partial charge in [0.15, 0.2) is 5.65 Å². The smallest absolute Gasteiger partial charge is 0.276 e. The molecule has 0 aliphatic carbocycles. The van der Waals surface area contributed by atoms with Crippen molar-refractivity contribution in [1.29, 1.82) is 0 Å². The van der Waals surface area contributed by atoms with Crippen molar-refractivity contribution in [3.8, 4) is 11.6 Å². The van der Waals surface area contributed by atoms with Crippen LogP contribution in [0.4, 0.5) is 5.69 Å². The Kier molecular flexibility index (Phi) is 3.15. The standard InChI is InChI=1S/C12H8ClN5O3/c1-6-8(18(19)20)3-2-4-9(6)21-11-7-5-14-17-10(7)15-12(13)16-11/h2-5H,1H3,(H,14,15,16,17). The lowest BCUT2D eigenvalue weighted by Gasteiger charge is -2.08. The second-order valence-electron chi connectivity index (χ2n) is 4.19. The van der Waals surface area contributed by atoms with Gasteiger partial charge in [0.25, 0.3) is 5.69 Å². The number of fused-ring (bicyclic) bond motifs is 1. The van der Waals surface area contributed by atoms with Crippen LogP contribution in [-0.4, -0.2) is 25.1 Å². The molecule has 0 spiro atoms. The molecule has 0 aliphatic heterocycles. The second-order valence-corrected chi connectivity index (χ2v) is 4.53. The van der Waals surface area contributed by atoms with Crippen LogP contribution in [-0.2, 0) is 0 Å². The van der Waals surface area contributed by atoms with E-state index in [9.17, 15) is 10.1 Å². The van der Waals surface area contributed by atoms with Crippen LogP contribution in [0, 0.1) is 17.0 Å². The minimum Gasteiger partial charge on any atom is -0.438 e. The van der Waals surface area contributed by atoms with Crippen LogP contribution >= 0.6 is 11.6 Å². The van der Waals surface area contributed by atoms with Crippen molar-refractivity contribution in [3.63, 3.8) is 0 Å². The van der Waals surface area contributed by atoms with Gasteiger partial charge in [0.1, 0.15) is 11.1 Å². The summed E-state index contributed by atoms with van der Waals surface area (Å²) in [4.78, 5) is 18.4. The van der Waals surface area contributed by atoms with E-state index in [1.54, 1.807) is 13.0 Å². The van der Waals surface area contributed by atoms with Gasteiger partial charge in [-0.2, -0.15) is 15.1 Å². The van der Waals surface area contributed by atoms with Crippen molar-refractivity contribution in [3.05, 3.63) is 45.4 Å². The summed E-state index contributed by atoms with van der Waals surface area (Å²) in [5, 5.41) is 18.0.